The normalized spacial score (nSPS) is 14.3. The van der Waals surface area contributed by atoms with Gasteiger partial charge in [0.15, 0.2) is 0 Å². The maximum Gasteiger partial charge on any atom is 0.137 e. The van der Waals surface area contributed by atoms with Crippen molar-refractivity contribution in [1.82, 2.24) is 5.32 Å². The number of halogens is 2. The lowest BCUT2D eigenvalue weighted by atomic mass is 9.94. The van der Waals surface area contributed by atoms with Gasteiger partial charge >= 0.3 is 0 Å². The third-order valence-electron chi connectivity index (χ3n) is 3.30. The van der Waals surface area contributed by atoms with E-state index in [-0.39, 0.29) is 6.04 Å². The molecule has 0 heterocycles. The molecule has 0 radical (unpaired) electrons. The first-order valence-electron chi connectivity index (χ1n) is 6.23. The Bertz CT molecular complexity index is 398. The number of benzene rings is 1. The molecule has 1 aromatic carbocycles. The van der Waals surface area contributed by atoms with Gasteiger partial charge in [-0.05, 0) is 47.4 Å². The number of rotatable bonds is 6. The van der Waals surface area contributed by atoms with E-state index < -0.39 is 0 Å². The number of methoxy groups -OCH3 is 1. The fourth-order valence-corrected chi connectivity index (χ4v) is 3.02. The maximum atomic E-state index is 6.14. The van der Waals surface area contributed by atoms with Crippen LogP contribution in [-0.4, -0.2) is 14.2 Å². The van der Waals surface area contributed by atoms with E-state index >= 15 is 0 Å². The summed E-state index contributed by atoms with van der Waals surface area (Å²) in [6.07, 6.45) is 2.23. The predicted molar refractivity (Wildman–Crippen MR) is 81.6 cm³/mol. The van der Waals surface area contributed by atoms with E-state index in [0.29, 0.717) is 5.92 Å². The molecule has 0 bridgehead atoms. The Morgan fingerprint density at radius 2 is 2.11 bits per heavy atom. The molecule has 0 saturated carbocycles. The zero-order valence-corrected chi connectivity index (χ0v) is 13.7. The summed E-state index contributed by atoms with van der Waals surface area (Å²) < 4.78 is 6.38. The summed E-state index contributed by atoms with van der Waals surface area (Å²) in [5.74, 6) is 1.52. The average Bonchev–Trinajstić information content (AvgIpc) is 2.34. The topological polar surface area (TPSA) is 21.3 Å². The van der Waals surface area contributed by atoms with Crippen molar-refractivity contribution in [1.29, 1.82) is 0 Å². The van der Waals surface area contributed by atoms with Gasteiger partial charge in [0.1, 0.15) is 5.75 Å². The Kier molecular flexibility index (Phi) is 6.47. The lowest BCUT2D eigenvalue weighted by molar-refractivity contribution is 0.378. The van der Waals surface area contributed by atoms with Crippen LogP contribution in [0, 0.1) is 5.92 Å². The number of hydrogen-bond donors (Lipinski definition) is 1. The van der Waals surface area contributed by atoms with Gasteiger partial charge < -0.3 is 10.1 Å². The molecule has 1 N–H and O–H groups in total. The minimum Gasteiger partial charge on any atom is -0.495 e. The van der Waals surface area contributed by atoms with Crippen LogP contribution in [0.15, 0.2) is 16.6 Å². The summed E-state index contributed by atoms with van der Waals surface area (Å²) in [4.78, 5) is 0. The lowest BCUT2D eigenvalue weighted by Crippen LogP contribution is -2.19. The highest BCUT2D eigenvalue weighted by Gasteiger charge is 2.19. The summed E-state index contributed by atoms with van der Waals surface area (Å²) in [5.41, 5.74) is 1.11. The minimum absolute atomic E-state index is 0.255. The first kappa shape index (κ1) is 15.8. The highest BCUT2D eigenvalue weighted by molar-refractivity contribution is 9.10. The molecule has 102 valence electrons. The molecule has 0 spiro atoms. The molecular formula is C14H21BrClNO. The predicted octanol–water partition coefficient (Wildman–Crippen LogP) is 4.81. The van der Waals surface area contributed by atoms with Crippen LogP contribution in [0.25, 0.3) is 0 Å². The van der Waals surface area contributed by atoms with Crippen molar-refractivity contribution in [2.75, 3.05) is 14.2 Å². The second-order valence-corrected chi connectivity index (χ2v) is 5.89. The molecule has 2 nitrogen and oxygen atoms in total. The second-order valence-electron chi connectivity index (χ2n) is 4.60. The first-order chi connectivity index (χ1) is 8.53. The zero-order chi connectivity index (χ0) is 13.7. The summed E-state index contributed by atoms with van der Waals surface area (Å²) in [6, 6.07) is 4.10. The molecule has 0 aliphatic rings. The van der Waals surface area contributed by atoms with Gasteiger partial charge in [-0.2, -0.15) is 0 Å². The van der Waals surface area contributed by atoms with Crippen molar-refractivity contribution in [2.24, 2.45) is 5.92 Å². The minimum atomic E-state index is 0.255. The van der Waals surface area contributed by atoms with Crippen molar-refractivity contribution in [2.45, 2.75) is 32.7 Å². The lowest BCUT2D eigenvalue weighted by Gasteiger charge is -2.23. The molecule has 0 aliphatic carbocycles. The van der Waals surface area contributed by atoms with Crippen LogP contribution in [0.5, 0.6) is 5.75 Å². The van der Waals surface area contributed by atoms with E-state index in [0.717, 1.165) is 27.2 Å². The number of hydrogen-bond acceptors (Lipinski definition) is 2. The van der Waals surface area contributed by atoms with Crippen molar-refractivity contribution in [3.63, 3.8) is 0 Å². The van der Waals surface area contributed by atoms with Crippen molar-refractivity contribution >= 4 is 27.5 Å². The molecule has 0 fully saturated rings. The van der Waals surface area contributed by atoms with E-state index in [1.807, 2.05) is 19.2 Å². The molecule has 2 atom stereocenters. The first-order valence-corrected chi connectivity index (χ1v) is 7.40. The van der Waals surface area contributed by atoms with Crippen LogP contribution in [0.3, 0.4) is 0 Å². The van der Waals surface area contributed by atoms with E-state index in [1.165, 1.54) is 6.42 Å². The van der Waals surface area contributed by atoms with Crippen LogP contribution in [0.2, 0.25) is 5.02 Å². The van der Waals surface area contributed by atoms with Gasteiger partial charge in [0, 0.05) is 16.6 Å². The molecule has 0 saturated heterocycles. The largest absolute Gasteiger partial charge is 0.495 e. The monoisotopic (exact) mass is 333 g/mol. The molecule has 1 rings (SSSR count). The second kappa shape index (κ2) is 7.37. The molecule has 0 aliphatic heterocycles. The van der Waals surface area contributed by atoms with Crippen LogP contribution < -0.4 is 10.1 Å². The van der Waals surface area contributed by atoms with E-state index in [4.69, 9.17) is 16.3 Å². The molecule has 0 amide bonds. The van der Waals surface area contributed by atoms with Crippen molar-refractivity contribution in [3.05, 3.63) is 27.2 Å². The van der Waals surface area contributed by atoms with Gasteiger partial charge in [0.2, 0.25) is 0 Å². The van der Waals surface area contributed by atoms with E-state index in [2.05, 4.69) is 35.1 Å². The summed E-state index contributed by atoms with van der Waals surface area (Å²) in [5, 5.41) is 4.08. The van der Waals surface area contributed by atoms with Crippen molar-refractivity contribution in [3.8, 4) is 5.75 Å². The SMILES string of the molecule is CCC(C)CC(NC)c1cc(Cl)cc(Br)c1OC. The molecule has 2 unspecified atom stereocenters. The smallest absolute Gasteiger partial charge is 0.137 e. The summed E-state index contributed by atoms with van der Waals surface area (Å²) in [6.45, 7) is 4.47. The van der Waals surface area contributed by atoms with Gasteiger partial charge in [0.05, 0.1) is 11.6 Å². The fraction of sp³-hybridized carbons (Fsp3) is 0.571. The third-order valence-corrected chi connectivity index (χ3v) is 4.11. The Morgan fingerprint density at radius 3 is 2.61 bits per heavy atom. The van der Waals surface area contributed by atoms with Gasteiger partial charge in [-0.3, -0.25) is 0 Å². The van der Waals surface area contributed by atoms with E-state index in [9.17, 15) is 0 Å². The number of nitrogens with one attached hydrogen (secondary N) is 1. The van der Waals surface area contributed by atoms with Crippen molar-refractivity contribution < 1.29 is 4.74 Å². The standard InChI is InChI=1S/C14H21BrClNO/c1-5-9(2)6-13(17-3)11-7-10(16)8-12(15)14(11)18-4/h7-9,13,17H,5-6H2,1-4H3. The Balaban J connectivity index is 3.11. The fourth-order valence-electron chi connectivity index (χ4n) is 2.02. The van der Waals surface area contributed by atoms with Gasteiger partial charge in [-0.1, -0.05) is 31.9 Å². The number of ether oxygens (including phenoxy) is 1. The zero-order valence-electron chi connectivity index (χ0n) is 11.4. The van der Waals surface area contributed by atoms with Crippen LogP contribution in [0.1, 0.15) is 38.3 Å². The third kappa shape index (κ3) is 3.87. The van der Waals surface area contributed by atoms with Gasteiger partial charge in [-0.25, -0.2) is 0 Å². The van der Waals surface area contributed by atoms with Gasteiger partial charge in [-0.15, -0.1) is 0 Å². The molecule has 18 heavy (non-hydrogen) atoms. The molecular weight excluding hydrogens is 314 g/mol. The Labute approximate surface area is 123 Å². The summed E-state index contributed by atoms with van der Waals surface area (Å²) >= 11 is 9.64. The van der Waals surface area contributed by atoms with Crippen LogP contribution >= 0.6 is 27.5 Å². The highest BCUT2D eigenvalue weighted by Crippen LogP contribution is 2.38. The van der Waals surface area contributed by atoms with E-state index in [1.54, 1.807) is 7.11 Å². The summed E-state index contributed by atoms with van der Waals surface area (Å²) in [7, 11) is 3.66. The van der Waals surface area contributed by atoms with Crippen LogP contribution in [0.4, 0.5) is 0 Å². The van der Waals surface area contributed by atoms with Crippen LogP contribution in [-0.2, 0) is 0 Å². The molecule has 0 aromatic heterocycles. The quantitative estimate of drug-likeness (QED) is 0.806. The average molecular weight is 335 g/mol. The Morgan fingerprint density at radius 1 is 1.44 bits per heavy atom. The Hall–Kier alpha value is -0.250. The maximum absolute atomic E-state index is 6.14. The highest BCUT2D eigenvalue weighted by atomic mass is 79.9. The molecule has 1 aromatic rings. The molecule has 4 heteroatoms. The van der Waals surface area contributed by atoms with Gasteiger partial charge in [0.25, 0.3) is 0 Å².